The number of esters is 1. The van der Waals surface area contributed by atoms with Crippen LogP contribution in [0.25, 0.3) is 0 Å². The number of nitrogens with zero attached hydrogens (tertiary/aromatic N) is 3. The molecule has 0 aliphatic carbocycles. The molecule has 0 saturated carbocycles. The van der Waals surface area contributed by atoms with E-state index < -0.39 is 11.1 Å². The quantitative estimate of drug-likeness (QED) is 0.774. The Hall–Kier alpha value is -1.80. The summed E-state index contributed by atoms with van der Waals surface area (Å²) in [6, 6.07) is -0.167. The van der Waals surface area contributed by atoms with Gasteiger partial charge in [-0.15, -0.1) is 11.3 Å². The van der Waals surface area contributed by atoms with E-state index >= 15 is 0 Å². The normalized spacial score (nSPS) is 25.9. The molecule has 27 heavy (non-hydrogen) atoms. The number of ether oxygens (including phenoxy) is 1. The molecule has 3 atom stereocenters. The lowest BCUT2D eigenvalue weighted by Gasteiger charge is -2.33. The van der Waals surface area contributed by atoms with Gasteiger partial charge in [-0.1, -0.05) is 19.0 Å². The number of carbonyl (C=O) groups is 1. The second kappa shape index (κ2) is 7.31. The van der Waals surface area contributed by atoms with E-state index in [0.717, 1.165) is 5.69 Å². The topological polar surface area (TPSA) is 90.1 Å². The Bertz CT molecular complexity index is 781. The van der Waals surface area contributed by atoms with Gasteiger partial charge in [0.2, 0.25) is 5.89 Å². The molecule has 3 heterocycles. The summed E-state index contributed by atoms with van der Waals surface area (Å²) in [5, 5.41) is 9.70. The van der Waals surface area contributed by atoms with Crippen LogP contribution >= 0.6 is 11.3 Å². The number of nitrogens with one attached hydrogen (secondary N) is 1. The van der Waals surface area contributed by atoms with Crippen molar-refractivity contribution in [3.63, 3.8) is 0 Å². The fraction of sp³-hybridized carbons (Fsp3) is 0.684. The van der Waals surface area contributed by atoms with Crippen LogP contribution in [0.5, 0.6) is 0 Å². The van der Waals surface area contributed by atoms with E-state index in [9.17, 15) is 4.79 Å². The average molecular weight is 393 g/mol. The van der Waals surface area contributed by atoms with Gasteiger partial charge in [0, 0.05) is 18.2 Å². The second-order valence-corrected chi connectivity index (χ2v) is 9.42. The summed E-state index contributed by atoms with van der Waals surface area (Å²) < 4.78 is 11.0. The number of aromatic nitrogens is 3. The third-order valence-corrected chi connectivity index (χ3v) is 5.20. The van der Waals surface area contributed by atoms with Crippen LogP contribution < -0.4 is 5.32 Å². The molecule has 1 fully saturated rings. The van der Waals surface area contributed by atoms with Crippen molar-refractivity contribution >= 4 is 17.3 Å². The van der Waals surface area contributed by atoms with Crippen molar-refractivity contribution in [2.24, 2.45) is 5.92 Å². The van der Waals surface area contributed by atoms with Crippen LogP contribution in [0.1, 0.15) is 76.8 Å². The summed E-state index contributed by atoms with van der Waals surface area (Å²) in [5.41, 5.74) is 1.32. The number of thiazole rings is 1. The standard InChI is InChI=1S/C19H28N4O3S/c1-11(2)7-19(17(24)25-18(4,5)6)8-13(16-21-12(3)26-23-16)15(22-19)14-9-27-10-20-14/h9-11,13,15,22H,7-8H2,1-6H3/t13-,15-,19+/m1/s1. The largest absolute Gasteiger partial charge is 0.459 e. The van der Waals surface area contributed by atoms with Crippen molar-refractivity contribution in [1.29, 1.82) is 0 Å². The molecular weight excluding hydrogens is 364 g/mol. The zero-order chi connectivity index (χ0) is 19.8. The lowest BCUT2D eigenvalue weighted by atomic mass is 9.84. The van der Waals surface area contributed by atoms with Crippen molar-refractivity contribution in [3.8, 4) is 0 Å². The number of carbonyl (C=O) groups excluding carboxylic acids is 1. The maximum atomic E-state index is 13.2. The molecule has 1 N–H and O–H groups in total. The van der Waals surface area contributed by atoms with Crippen LogP contribution in [0.3, 0.4) is 0 Å². The number of hydrogen-bond donors (Lipinski definition) is 1. The first-order valence-electron chi connectivity index (χ1n) is 9.29. The van der Waals surface area contributed by atoms with Crippen LogP contribution in [0.4, 0.5) is 0 Å². The highest BCUT2D eigenvalue weighted by molar-refractivity contribution is 7.07. The van der Waals surface area contributed by atoms with Gasteiger partial charge >= 0.3 is 5.97 Å². The van der Waals surface area contributed by atoms with Gasteiger partial charge in [0.05, 0.1) is 17.2 Å². The van der Waals surface area contributed by atoms with E-state index in [0.29, 0.717) is 30.5 Å². The van der Waals surface area contributed by atoms with E-state index in [-0.39, 0.29) is 17.9 Å². The monoisotopic (exact) mass is 392 g/mol. The molecule has 1 aliphatic heterocycles. The SMILES string of the molecule is Cc1nc([C@@H]2C[C@@](CC(C)C)(C(=O)OC(C)(C)C)N[C@H]2c2cscn2)no1. The van der Waals surface area contributed by atoms with Crippen LogP contribution in [0, 0.1) is 12.8 Å². The van der Waals surface area contributed by atoms with Gasteiger partial charge in [0.15, 0.2) is 5.82 Å². The maximum absolute atomic E-state index is 13.2. The van der Waals surface area contributed by atoms with Gasteiger partial charge in [0.1, 0.15) is 11.1 Å². The van der Waals surface area contributed by atoms with E-state index in [1.165, 1.54) is 11.3 Å². The van der Waals surface area contributed by atoms with E-state index in [1.54, 1.807) is 12.4 Å². The highest BCUT2D eigenvalue weighted by atomic mass is 32.1. The van der Waals surface area contributed by atoms with Crippen molar-refractivity contribution in [2.45, 2.75) is 77.5 Å². The Labute approximate surface area is 163 Å². The molecule has 0 radical (unpaired) electrons. The van der Waals surface area contributed by atoms with E-state index in [1.807, 2.05) is 26.2 Å². The Kier molecular flexibility index (Phi) is 5.40. The molecule has 0 spiro atoms. The number of rotatable bonds is 5. The highest BCUT2D eigenvalue weighted by Crippen LogP contribution is 2.46. The van der Waals surface area contributed by atoms with Crippen LogP contribution in [0.15, 0.2) is 15.4 Å². The minimum Gasteiger partial charge on any atom is -0.459 e. The molecule has 3 rings (SSSR count). The molecule has 0 amide bonds. The summed E-state index contributed by atoms with van der Waals surface area (Å²) in [6.45, 7) is 11.7. The lowest BCUT2D eigenvalue weighted by Crippen LogP contribution is -2.52. The molecule has 8 heteroatoms. The second-order valence-electron chi connectivity index (χ2n) is 8.70. The van der Waals surface area contributed by atoms with Crippen LogP contribution in [-0.2, 0) is 9.53 Å². The first kappa shape index (κ1) is 19.9. The Morgan fingerprint density at radius 3 is 2.74 bits per heavy atom. The third-order valence-electron chi connectivity index (χ3n) is 4.59. The molecule has 0 bridgehead atoms. The first-order chi connectivity index (χ1) is 12.6. The summed E-state index contributed by atoms with van der Waals surface area (Å²) >= 11 is 1.53. The highest BCUT2D eigenvalue weighted by Gasteiger charge is 2.54. The third kappa shape index (κ3) is 4.38. The summed E-state index contributed by atoms with van der Waals surface area (Å²) in [7, 11) is 0. The minimum atomic E-state index is -0.811. The fourth-order valence-electron chi connectivity index (χ4n) is 3.75. The fourth-order valence-corrected chi connectivity index (χ4v) is 4.34. The van der Waals surface area contributed by atoms with Crippen molar-refractivity contribution in [2.75, 3.05) is 0 Å². The zero-order valence-electron chi connectivity index (χ0n) is 16.8. The van der Waals surface area contributed by atoms with Crippen molar-refractivity contribution in [1.82, 2.24) is 20.4 Å². The first-order valence-corrected chi connectivity index (χ1v) is 10.2. The van der Waals surface area contributed by atoms with Gasteiger partial charge in [0.25, 0.3) is 0 Å². The molecule has 0 unspecified atom stereocenters. The zero-order valence-corrected chi connectivity index (χ0v) is 17.6. The predicted octanol–water partition coefficient (Wildman–Crippen LogP) is 3.78. The lowest BCUT2D eigenvalue weighted by molar-refractivity contribution is -0.163. The molecule has 0 aromatic carbocycles. The summed E-state index contributed by atoms with van der Waals surface area (Å²) in [6.07, 6.45) is 1.21. The van der Waals surface area contributed by atoms with Crippen LogP contribution in [-0.4, -0.2) is 32.2 Å². The minimum absolute atomic E-state index is 0.115. The van der Waals surface area contributed by atoms with Gasteiger partial charge in [-0.05, 0) is 39.5 Å². The Morgan fingerprint density at radius 1 is 1.48 bits per heavy atom. The molecule has 2 aromatic rings. The summed E-state index contributed by atoms with van der Waals surface area (Å²) in [4.78, 5) is 22.2. The van der Waals surface area contributed by atoms with Crippen molar-refractivity contribution < 1.29 is 14.1 Å². The maximum Gasteiger partial charge on any atom is 0.326 e. The number of hydrogen-bond acceptors (Lipinski definition) is 8. The van der Waals surface area contributed by atoms with E-state index in [4.69, 9.17) is 9.26 Å². The predicted molar refractivity (Wildman–Crippen MR) is 102 cm³/mol. The molecule has 1 aliphatic rings. The molecule has 1 saturated heterocycles. The Morgan fingerprint density at radius 2 is 2.22 bits per heavy atom. The smallest absolute Gasteiger partial charge is 0.326 e. The molecule has 148 valence electrons. The summed E-state index contributed by atoms with van der Waals surface area (Å²) in [5.74, 6) is 1.09. The van der Waals surface area contributed by atoms with Crippen molar-refractivity contribution in [3.05, 3.63) is 28.3 Å². The molecular formula is C19H28N4O3S. The molecule has 7 nitrogen and oxygen atoms in total. The van der Waals surface area contributed by atoms with Gasteiger partial charge in [-0.2, -0.15) is 4.98 Å². The number of aryl methyl sites for hydroxylation is 1. The van der Waals surface area contributed by atoms with E-state index in [2.05, 4.69) is 34.3 Å². The Balaban J connectivity index is 2.00. The van der Waals surface area contributed by atoms with Crippen LogP contribution in [0.2, 0.25) is 0 Å². The van der Waals surface area contributed by atoms with Gasteiger partial charge < -0.3 is 9.26 Å². The van der Waals surface area contributed by atoms with Gasteiger partial charge in [-0.25, -0.2) is 4.98 Å². The van der Waals surface area contributed by atoms with Gasteiger partial charge in [-0.3, -0.25) is 10.1 Å². The average Bonchev–Trinajstić information content (AvgIpc) is 3.23. The molecule has 2 aromatic heterocycles.